The third-order valence-corrected chi connectivity index (χ3v) is 4.57. The fourth-order valence-electron chi connectivity index (χ4n) is 2.09. The molecule has 168 valence electrons. The Balaban J connectivity index is 5.15. The maximum Gasteiger partial charge on any atom is 0.326 e. The van der Waals surface area contributed by atoms with Crippen LogP contribution in [0.3, 0.4) is 0 Å². The summed E-state index contributed by atoms with van der Waals surface area (Å²) in [6.45, 7) is 1.63. The summed E-state index contributed by atoms with van der Waals surface area (Å²) >= 11 is 1.39. The molecular weight excluding hydrogens is 408 g/mol. The maximum atomic E-state index is 12.4. The van der Waals surface area contributed by atoms with Crippen molar-refractivity contribution in [3.05, 3.63) is 0 Å². The van der Waals surface area contributed by atoms with Crippen molar-refractivity contribution >= 4 is 35.5 Å². The molecule has 13 heteroatoms. The molecular formula is C16H30N4O8S. The highest BCUT2D eigenvalue weighted by atomic mass is 32.2. The molecule has 0 rings (SSSR count). The lowest BCUT2D eigenvalue weighted by molar-refractivity contribution is -0.143. The maximum absolute atomic E-state index is 12.4. The Hall–Kier alpha value is -1.93. The van der Waals surface area contributed by atoms with E-state index in [1.807, 2.05) is 0 Å². The van der Waals surface area contributed by atoms with Crippen LogP contribution >= 0.6 is 11.8 Å². The summed E-state index contributed by atoms with van der Waals surface area (Å²) in [6, 6.07) is -5.60. The Morgan fingerprint density at radius 1 is 0.931 bits per heavy atom. The predicted molar refractivity (Wildman–Crippen MR) is 105 cm³/mol. The number of carboxylic acids is 1. The lowest BCUT2D eigenvalue weighted by Crippen LogP contribution is -2.61. The van der Waals surface area contributed by atoms with Crippen LogP contribution < -0.4 is 21.7 Å². The van der Waals surface area contributed by atoms with Crippen molar-refractivity contribution in [2.75, 3.05) is 18.6 Å². The van der Waals surface area contributed by atoms with Gasteiger partial charge in [-0.15, -0.1) is 0 Å². The van der Waals surface area contributed by atoms with Crippen LogP contribution in [0, 0.1) is 0 Å². The van der Waals surface area contributed by atoms with E-state index in [0.29, 0.717) is 5.75 Å². The first-order chi connectivity index (χ1) is 13.5. The largest absolute Gasteiger partial charge is 0.480 e. The van der Waals surface area contributed by atoms with Crippen LogP contribution in [0.25, 0.3) is 0 Å². The van der Waals surface area contributed by atoms with E-state index in [1.54, 1.807) is 6.26 Å². The molecule has 0 saturated heterocycles. The first kappa shape index (κ1) is 27.1. The summed E-state index contributed by atoms with van der Waals surface area (Å²) in [5.74, 6) is -3.65. The molecule has 6 unspecified atom stereocenters. The molecule has 0 aromatic carbocycles. The molecule has 0 heterocycles. The number of carbonyl (C=O) groups is 4. The second-order valence-corrected chi connectivity index (χ2v) is 7.40. The molecule has 0 spiro atoms. The van der Waals surface area contributed by atoms with Crippen molar-refractivity contribution < 1.29 is 39.6 Å². The molecule has 0 aromatic rings. The zero-order chi connectivity index (χ0) is 22.7. The molecule has 6 atom stereocenters. The Morgan fingerprint density at radius 3 is 1.90 bits per heavy atom. The summed E-state index contributed by atoms with van der Waals surface area (Å²) < 4.78 is 0. The number of aliphatic carboxylic acids is 1. The number of hydrogen-bond donors (Lipinski definition) is 8. The Bertz CT molecular complexity index is 575. The number of aliphatic hydroxyl groups excluding tert-OH is 3. The van der Waals surface area contributed by atoms with Gasteiger partial charge in [0.15, 0.2) is 0 Å². The van der Waals surface area contributed by atoms with Crippen molar-refractivity contribution in [2.45, 2.75) is 56.6 Å². The number of thioether (sulfide) groups is 1. The molecule has 3 amide bonds. The summed E-state index contributed by atoms with van der Waals surface area (Å²) in [5.41, 5.74) is 5.45. The summed E-state index contributed by atoms with van der Waals surface area (Å²) in [5, 5.41) is 44.2. The standard InChI is InChI=1S/C16H30N4O8S/c1-7(22)11(17)14(25)19-10(6-21)13(24)20-12(8(2)23)15(26)18-9(16(27)28)4-5-29-3/h7-12,21-23H,4-6,17H2,1-3H3,(H,18,26)(H,19,25)(H,20,24)(H,27,28). The average Bonchev–Trinajstić information content (AvgIpc) is 2.65. The monoisotopic (exact) mass is 438 g/mol. The highest BCUT2D eigenvalue weighted by Gasteiger charge is 2.32. The molecule has 0 fully saturated rings. The number of nitrogens with two attached hydrogens (primary N) is 1. The van der Waals surface area contributed by atoms with Gasteiger partial charge in [0.25, 0.3) is 0 Å². The quantitative estimate of drug-likeness (QED) is 0.141. The van der Waals surface area contributed by atoms with E-state index in [9.17, 15) is 39.6 Å². The summed E-state index contributed by atoms with van der Waals surface area (Å²) in [6.07, 6.45) is -0.701. The summed E-state index contributed by atoms with van der Waals surface area (Å²) in [7, 11) is 0. The fourth-order valence-corrected chi connectivity index (χ4v) is 2.57. The molecule has 0 saturated carbocycles. The van der Waals surface area contributed by atoms with Crippen molar-refractivity contribution in [1.29, 1.82) is 0 Å². The smallest absolute Gasteiger partial charge is 0.326 e. The Morgan fingerprint density at radius 2 is 1.48 bits per heavy atom. The molecule has 0 aromatic heterocycles. The van der Waals surface area contributed by atoms with Crippen molar-refractivity contribution in [3.63, 3.8) is 0 Å². The van der Waals surface area contributed by atoms with E-state index in [2.05, 4.69) is 16.0 Å². The van der Waals surface area contributed by atoms with Crippen LogP contribution in [0.2, 0.25) is 0 Å². The topological polar surface area (TPSA) is 211 Å². The molecule has 0 radical (unpaired) electrons. The van der Waals surface area contributed by atoms with Crippen molar-refractivity contribution in [2.24, 2.45) is 5.73 Å². The number of carbonyl (C=O) groups excluding carboxylic acids is 3. The van der Waals surface area contributed by atoms with Crippen LogP contribution in [0.4, 0.5) is 0 Å². The van der Waals surface area contributed by atoms with E-state index in [-0.39, 0.29) is 6.42 Å². The number of rotatable bonds is 13. The zero-order valence-electron chi connectivity index (χ0n) is 16.5. The van der Waals surface area contributed by atoms with Crippen LogP contribution in [-0.4, -0.2) is 99.1 Å². The predicted octanol–water partition coefficient (Wildman–Crippen LogP) is -3.64. The van der Waals surface area contributed by atoms with Gasteiger partial charge in [-0.25, -0.2) is 4.79 Å². The van der Waals surface area contributed by atoms with Crippen LogP contribution in [-0.2, 0) is 19.2 Å². The number of nitrogens with one attached hydrogen (secondary N) is 3. The van der Waals surface area contributed by atoms with Gasteiger partial charge >= 0.3 is 5.97 Å². The number of hydrogen-bond acceptors (Lipinski definition) is 9. The normalized spacial score (nSPS) is 17.2. The third-order valence-electron chi connectivity index (χ3n) is 3.93. The van der Waals surface area contributed by atoms with Gasteiger partial charge in [0.05, 0.1) is 18.8 Å². The van der Waals surface area contributed by atoms with Crippen LogP contribution in [0.15, 0.2) is 0 Å². The molecule has 0 aliphatic rings. The SMILES string of the molecule is CSCCC(NC(=O)C(NC(=O)C(CO)NC(=O)C(N)C(C)O)C(C)O)C(=O)O. The number of aliphatic hydroxyl groups is 3. The highest BCUT2D eigenvalue weighted by Crippen LogP contribution is 2.03. The van der Waals surface area contributed by atoms with Crippen molar-refractivity contribution in [1.82, 2.24) is 16.0 Å². The number of carboxylic acid groups (broad SMARTS) is 1. The molecule has 0 aliphatic carbocycles. The summed E-state index contributed by atoms with van der Waals surface area (Å²) in [4.78, 5) is 47.8. The van der Waals surface area contributed by atoms with Gasteiger partial charge in [0.1, 0.15) is 24.2 Å². The minimum atomic E-state index is -1.53. The molecule has 12 nitrogen and oxygen atoms in total. The first-order valence-corrected chi connectivity index (χ1v) is 10.2. The van der Waals surface area contributed by atoms with Gasteiger partial charge in [0, 0.05) is 0 Å². The van der Waals surface area contributed by atoms with Gasteiger partial charge in [-0.1, -0.05) is 0 Å². The van der Waals surface area contributed by atoms with Crippen molar-refractivity contribution in [3.8, 4) is 0 Å². The molecule has 0 aliphatic heterocycles. The zero-order valence-corrected chi connectivity index (χ0v) is 17.3. The minimum absolute atomic E-state index is 0.134. The minimum Gasteiger partial charge on any atom is -0.480 e. The Kier molecular flexibility index (Phi) is 12.4. The van der Waals surface area contributed by atoms with Gasteiger partial charge in [-0.05, 0) is 32.3 Å². The van der Waals surface area contributed by atoms with E-state index in [4.69, 9.17) is 5.73 Å². The second kappa shape index (κ2) is 13.3. The van der Waals surface area contributed by atoms with E-state index in [1.165, 1.54) is 25.6 Å². The molecule has 9 N–H and O–H groups in total. The van der Waals surface area contributed by atoms with E-state index >= 15 is 0 Å². The van der Waals surface area contributed by atoms with Crippen LogP contribution in [0.5, 0.6) is 0 Å². The van der Waals surface area contributed by atoms with Gasteiger partial charge < -0.3 is 42.1 Å². The van der Waals surface area contributed by atoms with Gasteiger partial charge in [-0.3, -0.25) is 14.4 Å². The first-order valence-electron chi connectivity index (χ1n) is 8.81. The van der Waals surface area contributed by atoms with E-state index in [0.717, 1.165) is 0 Å². The number of amides is 3. The fraction of sp³-hybridized carbons (Fsp3) is 0.750. The Labute approximate surface area is 172 Å². The highest BCUT2D eigenvalue weighted by molar-refractivity contribution is 7.98. The van der Waals surface area contributed by atoms with Crippen LogP contribution in [0.1, 0.15) is 20.3 Å². The molecule has 0 bridgehead atoms. The second-order valence-electron chi connectivity index (χ2n) is 6.42. The van der Waals surface area contributed by atoms with Gasteiger partial charge in [-0.2, -0.15) is 11.8 Å². The lowest BCUT2D eigenvalue weighted by Gasteiger charge is -2.26. The van der Waals surface area contributed by atoms with Gasteiger partial charge in [0.2, 0.25) is 17.7 Å². The molecule has 29 heavy (non-hydrogen) atoms. The third kappa shape index (κ3) is 9.41. The average molecular weight is 439 g/mol. The lowest BCUT2D eigenvalue weighted by atomic mass is 10.1. The van der Waals surface area contributed by atoms with E-state index < -0.39 is 66.7 Å².